The molecule has 17 heavy (non-hydrogen) atoms. The van der Waals surface area contributed by atoms with Crippen LogP contribution in [0.1, 0.15) is 18.9 Å². The van der Waals surface area contributed by atoms with E-state index in [0.29, 0.717) is 6.61 Å². The number of nitrogens with zero attached hydrogens (tertiary/aromatic N) is 1. The maximum absolute atomic E-state index is 12.1. The predicted octanol–water partition coefficient (Wildman–Crippen LogP) is 3.35. The van der Waals surface area contributed by atoms with E-state index in [0.717, 1.165) is 5.56 Å². The van der Waals surface area contributed by atoms with Gasteiger partial charge in [0.05, 0.1) is 25.4 Å². The average molecular weight is 253 g/mol. The second kappa shape index (κ2) is 7.24. The molecule has 0 amide bonds. The smallest absolute Gasteiger partial charge is 0.309 e. The zero-order valence-corrected chi connectivity index (χ0v) is 10.7. The van der Waals surface area contributed by atoms with E-state index < -0.39 is 7.60 Å². The van der Waals surface area contributed by atoms with Gasteiger partial charge < -0.3 is 9.05 Å². The Balaban J connectivity index is 2.55. The van der Waals surface area contributed by atoms with Crippen LogP contribution in [-0.2, 0) is 20.2 Å². The fourth-order valence-electron chi connectivity index (χ4n) is 1.30. The zero-order valence-electron chi connectivity index (χ0n) is 9.83. The molecule has 5 heteroatoms. The van der Waals surface area contributed by atoms with Gasteiger partial charge >= 0.3 is 7.60 Å². The largest absolute Gasteiger partial charge is 0.332 e. The van der Waals surface area contributed by atoms with Crippen LogP contribution in [-0.4, -0.2) is 12.8 Å². The summed E-state index contributed by atoms with van der Waals surface area (Å²) in [7, 11) is -3.12. The van der Waals surface area contributed by atoms with Crippen molar-refractivity contribution in [1.29, 1.82) is 5.26 Å². The molecule has 0 heterocycles. The van der Waals surface area contributed by atoms with Crippen molar-refractivity contribution in [3.05, 3.63) is 35.9 Å². The molecule has 1 aromatic carbocycles. The first-order valence-electron chi connectivity index (χ1n) is 5.49. The fourth-order valence-corrected chi connectivity index (χ4v) is 2.74. The Morgan fingerprint density at radius 3 is 2.59 bits per heavy atom. The maximum atomic E-state index is 12.1. The van der Waals surface area contributed by atoms with Crippen molar-refractivity contribution in [2.45, 2.75) is 20.0 Å². The normalized spacial score (nSPS) is 13.9. The van der Waals surface area contributed by atoms with Crippen LogP contribution >= 0.6 is 7.60 Å². The minimum atomic E-state index is -3.12. The Morgan fingerprint density at radius 1 is 1.29 bits per heavy atom. The minimum Gasteiger partial charge on any atom is -0.309 e. The Kier molecular flexibility index (Phi) is 5.93. The minimum absolute atomic E-state index is 0.143. The fraction of sp³-hybridized carbons (Fsp3) is 0.417. The maximum Gasteiger partial charge on any atom is 0.332 e. The molecular weight excluding hydrogens is 237 g/mol. The van der Waals surface area contributed by atoms with Gasteiger partial charge in [-0.1, -0.05) is 30.3 Å². The van der Waals surface area contributed by atoms with Gasteiger partial charge in [-0.3, -0.25) is 4.57 Å². The molecule has 0 aliphatic carbocycles. The third-order valence-electron chi connectivity index (χ3n) is 2.09. The van der Waals surface area contributed by atoms with Crippen molar-refractivity contribution in [3.8, 4) is 6.07 Å². The van der Waals surface area contributed by atoms with E-state index in [1.54, 1.807) is 6.92 Å². The van der Waals surface area contributed by atoms with E-state index in [9.17, 15) is 4.57 Å². The number of benzene rings is 1. The van der Waals surface area contributed by atoms with Gasteiger partial charge in [0, 0.05) is 6.42 Å². The molecular formula is C12H16NO3P. The zero-order chi connectivity index (χ0) is 12.6. The van der Waals surface area contributed by atoms with E-state index in [-0.39, 0.29) is 19.2 Å². The first-order valence-corrected chi connectivity index (χ1v) is 7.22. The van der Waals surface area contributed by atoms with Crippen molar-refractivity contribution in [2.75, 3.05) is 12.8 Å². The number of hydrogen-bond acceptors (Lipinski definition) is 4. The summed E-state index contributed by atoms with van der Waals surface area (Å²) in [6, 6.07) is 11.4. The molecule has 0 saturated carbocycles. The van der Waals surface area contributed by atoms with Gasteiger partial charge in [0.1, 0.15) is 0 Å². The van der Waals surface area contributed by atoms with E-state index in [2.05, 4.69) is 0 Å². The molecule has 0 aliphatic heterocycles. The standard InChI is InChI=1S/C12H16NO3P/c1-2-15-17(14,10-6-9-13)16-11-12-7-4-3-5-8-12/h3-5,7-8H,2,6,10-11H2,1H3. The van der Waals surface area contributed by atoms with E-state index in [4.69, 9.17) is 14.3 Å². The third kappa shape index (κ3) is 5.14. The van der Waals surface area contributed by atoms with Crippen LogP contribution < -0.4 is 0 Å². The van der Waals surface area contributed by atoms with Gasteiger partial charge in [0.25, 0.3) is 0 Å². The summed E-state index contributed by atoms with van der Waals surface area (Å²) in [5.41, 5.74) is 0.935. The first-order chi connectivity index (χ1) is 8.20. The molecule has 1 rings (SSSR count). The lowest BCUT2D eigenvalue weighted by Gasteiger charge is -2.16. The van der Waals surface area contributed by atoms with Crippen LogP contribution in [0.3, 0.4) is 0 Å². The number of rotatable bonds is 7. The SMILES string of the molecule is CCOP(=O)(CCC#N)OCc1ccccc1. The van der Waals surface area contributed by atoms with Gasteiger partial charge in [-0.05, 0) is 12.5 Å². The molecule has 0 fully saturated rings. The van der Waals surface area contributed by atoms with E-state index in [1.165, 1.54) is 0 Å². The molecule has 0 radical (unpaired) electrons. The van der Waals surface area contributed by atoms with Crippen molar-refractivity contribution in [1.82, 2.24) is 0 Å². The third-order valence-corrected chi connectivity index (χ3v) is 4.04. The van der Waals surface area contributed by atoms with E-state index in [1.807, 2.05) is 36.4 Å². The molecule has 0 saturated heterocycles. The Bertz CT molecular complexity index is 414. The molecule has 0 N–H and O–H groups in total. The average Bonchev–Trinajstić information content (AvgIpc) is 2.36. The Labute approximate surface area is 102 Å². The van der Waals surface area contributed by atoms with Gasteiger partial charge in [0.2, 0.25) is 0 Å². The molecule has 1 atom stereocenters. The lowest BCUT2D eigenvalue weighted by Crippen LogP contribution is -2.00. The summed E-state index contributed by atoms with van der Waals surface area (Å²) in [4.78, 5) is 0. The van der Waals surface area contributed by atoms with Crippen LogP contribution in [0.2, 0.25) is 0 Å². The monoisotopic (exact) mass is 253 g/mol. The van der Waals surface area contributed by atoms with Crippen LogP contribution in [0.4, 0.5) is 0 Å². The second-order valence-electron chi connectivity index (χ2n) is 3.42. The topological polar surface area (TPSA) is 59.3 Å². The predicted molar refractivity (Wildman–Crippen MR) is 65.6 cm³/mol. The van der Waals surface area contributed by atoms with Gasteiger partial charge in [0.15, 0.2) is 0 Å². The molecule has 0 aromatic heterocycles. The van der Waals surface area contributed by atoms with Crippen LogP contribution in [0.5, 0.6) is 0 Å². The summed E-state index contributed by atoms with van der Waals surface area (Å²) in [6.07, 6.45) is 0.316. The molecule has 92 valence electrons. The van der Waals surface area contributed by atoms with Crippen molar-refractivity contribution >= 4 is 7.60 Å². The molecule has 1 unspecified atom stereocenters. The highest BCUT2D eigenvalue weighted by atomic mass is 31.2. The molecule has 4 nitrogen and oxygen atoms in total. The van der Waals surface area contributed by atoms with Crippen LogP contribution in [0, 0.1) is 11.3 Å². The number of hydrogen-bond donors (Lipinski definition) is 0. The summed E-state index contributed by atoms with van der Waals surface area (Å²) in [5.74, 6) is 0. The first kappa shape index (κ1) is 13.9. The summed E-state index contributed by atoms with van der Waals surface area (Å²) >= 11 is 0. The lowest BCUT2D eigenvalue weighted by atomic mass is 10.2. The van der Waals surface area contributed by atoms with Crippen LogP contribution in [0.15, 0.2) is 30.3 Å². The van der Waals surface area contributed by atoms with Gasteiger partial charge in [-0.25, -0.2) is 0 Å². The highest BCUT2D eigenvalue weighted by molar-refractivity contribution is 7.53. The van der Waals surface area contributed by atoms with Crippen molar-refractivity contribution in [3.63, 3.8) is 0 Å². The second-order valence-corrected chi connectivity index (χ2v) is 5.60. The number of nitriles is 1. The van der Waals surface area contributed by atoms with Crippen molar-refractivity contribution < 1.29 is 13.6 Å². The Hall–Kier alpha value is -1.14. The summed E-state index contributed by atoms with van der Waals surface area (Å²) in [5, 5.41) is 8.50. The molecule has 0 spiro atoms. The van der Waals surface area contributed by atoms with Crippen molar-refractivity contribution in [2.24, 2.45) is 0 Å². The highest BCUT2D eigenvalue weighted by Crippen LogP contribution is 2.49. The van der Waals surface area contributed by atoms with E-state index >= 15 is 0 Å². The molecule has 0 aliphatic rings. The summed E-state index contributed by atoms with van der Waals surface area (Å²) < 4.78 is 22.6. The summed E-state index contributed by atoms with van der Waals surface area (Å²) in [6.45, 7) is 2.31. The van der Waals surface area contributed by atoms with Gasteiger partial charge in [-0.2, -0.15) is 5.26 Å². The molecule has 1 aromatic rings. The quantitative estimate of drug-likeness (QED) is 0.699. The van der Waals surface area contributed by atoms with Crippen LogP contribution in [0.25, 0.3) is 0 Å². The van der Waals surface area contributed by atoms with Gasteiger partial charge in [-0.15, -0.1) is 0 Å². The molecule has 0 bridgehead atoms. The Morgan fingerprint density at radius 2 is 2.00 bits per heavy atom. The lowest BCUT2D eigenvalue weighted by molar-refractivity contribution is 0.205. The highest BCUT2D eigenvalue weighted by Gasteiger charge is 2.23.